The summed E-state index contributed by atoms with van der Waals surface area (Å²) in [5, 5.41) is 6.12. The van der Waals surface area contributed by atoms with Crippen LogP contribution < -0.4 is 15.5 Å². The van der Waals surface area contributed by atoms with Gasteiger partial charge < -0.3 is 20.4 Å². The standard InChI is InChI=1S/C30H40FN5O2/c1-20(32-2)29(37)34-28(21-8-4-3-5-9-21)30(38)36-17-7-11-25(36)23-14-15-33-27(19-23)35-16-6-10-22-18-24(31)12-13-26(22)35/h12-15,18-21,25,28,32H,3-11,16-17H2,1-2H3,(H,34,37). The highest BCUT2D eigenvalue weighted by Crippen LogP contribution is 2.38. The summed E-state index contributed by atoms with van der Waals surface area (Å²) in [6.07, 6.45) is 10.8. The van der Waals surface area contributed by atoms with Gasteiger partial charge in [-0.15, -0.1) is 0 Å². The van der Waals surface area contributed by atoms with Crippen molar-refractivity contribution < 1.29 is 14.0 Å². The number of likely N-dealkylation sites (tertiary alicyclic amines) is 1. The van der Waals surface area contributed by atoms with Crippen LogP contribution >= 0.6 is 0 Å². The molecule has 1 aromatic carbocycles. The third-order valence-electron chi connectivity index (χ3n) is 8.64. The first-order valence-corrected chi connectivity index (χ1v) is 14.3. The number of aromatic nitrogens is 1. The lowest BCUT2D eigenvalue weighted by atomic mass is 9.83. The van der Waals surface area contributed by atoms with Crippen LogP contribution in [0.15, 0.2) is 36.5 Å². The molecule has 2 N–H and O–H groups in total. The maximum absolute atomic E-state index is 14.1. The number of aryl methyl sites for hydroxylation is 1. The van der Waals surface area contributed by atoms with Crippen LogP contribution in [0.5, 0.6) is 0 Å². The van der Waals surface area contributed by atoms with Crippen LogP contribution in [0.2, 0.25) is 0 Å². The third kappa shape index (κ3) is 5.55. The number of carbonyl (C=O) groups excluding carboxylic acids is 2. The molecule has 204 valence electrons. The summed E-state index contributed by atoms with van der Waals surface area (Å²) in [7, 11) is 1.76. The molecule has 0 spiro atoms. The van der Waals surface area contributed by atoms with E-state index in [1.165, 1.54) is 12.5 Å². The molecule has 1 aliphatic carbocycles. The molecule has 1 saturated carbocycles. The summed E-state index contributed by atoms with van der Waals surface area (Å²) >= 11 is 0. The Morgan fingerprint density at radius 1 is 1.03 bits per heavy atom. The van der Waals surface area contributed by atoms with Gasteiger partial charge in [-0.1, -0.05) is 19.3 Å². The largest absolute Gasteiger partial charge is 0.343 e. The summed E-state index contributed by atoms with van der Waals surface area (Å²) in [6, 6.07) is 8.17. The number of hydrogen-bond donors (Lipinski definition) is 2. The number of likely N-dealkylation sites (N-methyl/N-ethyl adjacent to an activating group) is 1. The van der Waals surface area contributed by atoms with Gasteiger partial charge in [0, 0.05) is 25.0 Å². The van der Waals surface area contributed by atoms with Crippen molar-refractivity contribution in [3.63, 3.8) is 0 Å². The molecule has 3 aliphatic rings. The molecule has 2 fully saturated rings. The SMILES string of the molecule is CNC(C)C(=O)NC(C(=O)N1CCCC1c1ccnc(N2CCCc3cc(F)ccc32)c1)C1CCCCC1. The minimum Gasteiger partial charge on any atom is -0.343 e. The fourth-order valence-electron chi connectivity index (χ4n) is 6.41. The second-order valence-corrected chi connectivity index (χ2v) is 11.1. The van der Waals surface area contributed by atoms with Gasteiger partial charge in [0.15, 0.2) is 0 Å². The molecule has 3 unspecified atom stereocenters. The van der Waals surface area contributed by atoms with Gasteiger partial charge in [-0.25, -0.2) is 9.37 Å². The first kappa shape index (κ1) is 26.6. The highest BCUT2D eigenvalue weighted by atomic mass is 19.1. The Labute approximate surface area is 225 Å². The Bertz CT molecular complexity index is 1150. The van der Waals surface area contributed by atoms with Gasteiger partial charge in [-0.2, -0.15) is 0 Å². The summed E-state index contributed by atoms with van der Waals surface area (Å²) in [5.41, 5.74) is 3.07. The van der Waals surface area contributed by atoms with Crippen molar-refractivity contribution in [2.75, 3.05) is 25.0 Å². The van der Waals surface area contributed by atoms with E-state index in [0.29, 0.717) is 6.54 Å². The molecule has 2 amide bonds. The zero-order chi connectivity index (χ0) is 26.6. The number of pyridine rings is 1. The molecule has 5 rings (SSSR count). The van der Waals surface area contributed by atoms with Crippen molar-refractivity contribution in [2.24, 2.45) is 5.92 Å². The number of amides is 2. The van der Waals surface area contributed by atoms with E-state index < -0.39 is 6.04 Å². The van der Waals surface area contributed by atoms with E-state index in [-0.39, 0.29) is 35.6 Å². The first-order chi connectivity index (χ1) is 18.5. The van der Waals surface area contributed by atoms with Crippen molar-refractivity contribution in [1.82, 2.24) is 20.5 Å². The number of nitrogens with zero attached hydrogens (tertiary/aromatic N) is 3. The van der Waals surface area contributed by atoms with Gasteiger partial charge in [0.2, 0.25) is 11.8 Å². The Kier molecular flexibility index (Phi) is 8.27. The molecule has 1 aromatic heterocycles. The summed E-state index contributed by atoms with van der Waals surface area (Å²) in [6.45, 7) is 3.33. The third-order valence-corrected chi connectivity index (χ3v) is 8.64. The van der Waals surface area contributed by atoms with E-state index >= 15 is 0 Å². The Hall–Kier alpha value is -3.00. The number of carbonyl (C=O) groups is 2. The maximum atomic E-state index is 14.1. The number of fused-ring (bicyclic) bond motifs is 1. The number of halogens is 1. The Balaban J connectivity index is 1.39. The van der Waals surface area contributed by atoms with Crippen molar-refractivity contribution in [2.45, 2.75) is 82.8 Å². The van der Waals surface area contributed by atoms with Crippen LogP contribution in [0.4, 0.5) is 15.9 Å². The molecule has 1 saturated heterocycles. The molecular formula is C30H40FN5O2. The number of benzene rings is 1. The average Bonchev–Trinajstić information content (AvgIpc) is 3.45. The second-order valence-electron chi connectivity index (χ2n) is 11.1. The van der Waals surface area contributed by atoms with Crippen molar-refractivity contribution >= 4 is 23.3 Å². The predicted molar refractivity (Wildman–Crippen MR) is 147 cm³/mol. The molecule has 7 nitrogen and oxygen atoms in total. The monoisotopic (exact) mass is 521 g/mol. The summed E-state index contributed by atoms with van der Waals surface area (Å²) in [4.78, 5) is 35.8. The highest BCUT2D eigenvalue weighted by molar-refractivity contribution is 5.90. The average molecular weight is 522 g/mol. The lowest BCUT2D eigenvalue weighted by Gasteiger charge is -2.36. The Morgan fingerprint density at radius 3 is 2.63 bits per heavy atom. The smallest absolute Gasteiger partial charge is 0.245 e. The minimum atomic E-state index is -0.496. The fourth-order valence-corrected chi connectivity index (χ4v) is 6.41. The molecule has 2 aliphatic heterocycles. The van der Waals surface area contributed by atoms with Gasteiger partial charge in [-0.3, -0.25) is 9.59 Å². The van der Waals surface area contributed by atoms with Crippen LogP contribution in [-0.2, 0) is 16.0 Å². The number of nitrogens with one attached hydrogen (secondary N) is 2. The van der Waals surface area contributed by atoms with Gasteiger partial charge in [-0.05, 0) is 99.9 Å². The molecule has 8 heteroatoms. The van der Waals surface area contributed by atoms with E-state index in [2.05, 4.69) is 26.6 Å². The molecule has 3 atom stereocenters. The van der Waals surface area contributed by atoms with Gasteiger partial charge in [0.1, 0.15) is 17.7 Å². The zero-order valence-electron chi connectivity index (χ0n) is 22.6. The summed E-state index contributed by atoms with van der Waals surface area (Å²) in [5.74, 6) is 0.695. The zero-order valence-corrected chi connectivity index (χ0v) is 22.6. The van der Waals surface area contributed by atoms with Crippen molar-refractivity contribution in [1.29, 1.82) is 0 Å². The van der Waals surface area contributed by atoms with Gasteiger partial charge >= 0.3 is 0 Å². The molecule has 0 radical (unpaired) electrons. The molecular weight excluding hydrogens is 481 g/mol. The minimum absolute atomic E-state index is 0.0354. The van der Waals surface area contributed by atoms with Gasteiger partial charge in [0.25, 0.3) is 0 Å². The van der Waals surface area contributed by atoms with E-state index in [1.807, 2.05) is 30.2 Å². The van der Waals surface area contributed by atoms with Crippen molar-refractivity contribution in [3.8, 4) is 0 Å². The normalized spacial score (nSPS) is 21.6. The van der Waals surface area contributed by atoms with Crippen LogP contribution in [-0.4, -0.2) is 53.9 Å². The van der Waals surface area contributed by atoms with Crippen molar-refractivity contribution in [3.05, 3.63) is 53.5 Å². The fraction of sp³-hybridized carbons (Fsp3) is 0.567. The predicted octanol–water partition coefficient (Wildman–Crippen LogP) is 4.64. The number of rotatable bonds is 7. The van der Waals surface area contributed by atoms with E-state index in [9.17, 15) is 14.0 Å². The highest BCUT2D eigenvalue weighted by Gasteiger charge is 2.39. The molecule has 2 aromatic rings. The lowest BCUT2D eigenvalue weighted by molar-refractivity contribution is -0.139. The van der Waals surface area contributed by atoms with E-state index in [4.69, 9.17) is 0 Å². The Morgan fingerprint density at radius 2 is 1.84 bits per heavy atom. The lowest BCUT2D eigenvalue weighted by Crippen LogP contribution is -2.55. The van der Waals surface area contributed by atoms with Gasteiger partial charge in [0.05, 0.1) is 12.1 Å². The van der Waals surface area contributed by atoms with Crippen LogP contribution in [0.25, 0.3) is 0 Å². The quantitative estimate of drug-likeness (QED) is 0.555. The second kappa shape index (κ2) is 11.8. The van der Waals surface area contributed by atoms with E-state index in [1.54, 1.807) is 13.1 Å². The molecule has 0 bridgehead atoms. The maximum Gasteiger partial charge on any atom is 0.245 e. The summed E-state index contributed by atoms with van der Waals surface area (Å²) < 4.78 is 13.9. The number of anilines is 2. The van der Waals surface area contributed by atoms with E-state index in [0.717, 1.165) is 80.5 Å². The van der Waals surface area contributed by atoms with Crippen LogP contribution in [0.1, 0.15) is 75.5 Å². The molecule has 38 heavy (non-hydrogen) atoms. The molecule has 3 heterocycles. The topological polar surface area (TPSA) is 77.6 Å². The first-order valence-electron chi connectivity index (χ1n) is 14.3. The number of hydrogen-bond acceptors (Lipinski definition) is 5. The van der Waals surface area contributed by atoms with Crippen LogP contribution in [0, 0.1) is 11.7 Å². The van der Waals surface area contributed by atoms with Crippen LogP contribution in [0.3, 0.4) is 0 Å².